The van der Waals surface area contributed by atoms with E-state index in [1.54, 1.807) is 0 Å². The molecule has 0 radical (unpaired) electrons. The minimum atomic E-state index is -0.656. The highest BCUT2D eigenvalue weighted by Crippen LogP contribution is 2.41. The lowest BCUT2D eigenvalue weighted by Crippen LogP contribution is -2.33. The number of likely N-dealkylation sites (tertiary alicyclic amines) is 1. The van der Waals surface area contributed by atoms with Gasteiger partial charge in [-0.05, 0) is 31.5 Å². The van der Waals surface area contributed by atoms with E-state index in [-0.39, 0.29) is 0 Å². The Morgan fingerprint density at radius 3 is 3.05 bits per heavy atom. The summed E-state index contributed by atoms with van der Waals surface area (Å²) in [5.41, 5.74) is 0.891. The maximum atomic E-state index is 11.3. The van der Waals surface area contributed by atoms with Crippen molar-refractivity contribution in [3.8, 4) is 0 Å². The lowest BCUT2D eigenvalue weighted by atomic mass is 9.90. The lowest BCUT2D eigenvalue weighted by Gasteiger charge is -2.23. The van der Waals surface area contributed by atoms with E-state index >= 15 is 0 Å². The van der Waals surface area contributed by atoms with Gasteiger partial charge in [-0.2, -0.15) is 0 Å². The first kappa shape index (κ1) is 13.0. The van der Waals surface area contributed by atoms with Crippen LogP contribution in [0.25, 0.3) is 0 Å². The second-order valence-corrected chi connectivity index (χ2v) is 6.96. The minimum absolute atomic E-state index is 0.550. The Bertz CT molecular complexity index is 505. The van der Waals surface area contributed by atoms with Gasteiger partial charge in [0.25, 0.3) is 0 Å². The second-order valence-electron chi connectivity index (χ2n) is 5.90. The zero-order chi connectivity index (χ0) is 13.5. The quantitative estimate of drug-likeness (QED) is 0.922. The van der Waals surface area contributed by atoms with Gasteiger partial charge in [-0.15, -0.1) is 11.8 Å². The Hall–Kier alpha value is -1.00. The third-order valence-corrected chi connectivity index (χ3v) is 5.60. The number of rotatable bonds is 3. The molecule has 1 aromatic rings. The highest BCUT2D eigenvalue weighted by molar-refractivity contribution is 7.99. The zero-order valence-corrected chi connectivity index (χ0v) is 11.9. The number of thioether (sulfide) groups is 1. The average Bonchev–Trinajstić information content (AvgIpc) is 2.96. The molecule has 2 heterocycles. The fraction of sp³-hybridized carbons (Fsp3) is 0.533. The van der Waals surface area contributed by atoms with Crippen LogP contribution in [0.5, 0.6) is 0 Å². The van der Waals surface area contributed by atoms with Gasteiger partial charge in [0.1, 0.15) is 0 Å². The Kier molecular flexibility index (Phi) is 3.31. The van der Waals surface area contributed by atoms with Crippen molar-refractivity contribution >= 4 is 17.7 Å². The molecule has 1 fully saturated rings. The van der Waals surface area contributed by atoms with E-state index in [9.17, 15) is 9.90 Å². The van der Waals surface area contributed by atoms with Gasteiger partial charge >= 0.3 is 5.97 Å². The van der Waals surface area contributed by atoms with E-state index in [2.05, 4.69) is 29.2 Å². The van der Waals surface area contributed by atoms with Crippen LogP contribution < -0.4 is 0 Å². The van der Waals surface area contributed by atoms with Crippen LogP contribution >= 0.6 is 11.8 Å². The predicted molar refractivity (Wildman–Crippen MR) is 76.7 cm³/mol. The normalized spacial score (nSPS) is 30.5. The number of hydrogen-bond donors (Lipinski definition) is 1. The molecule has 0 spiro atoms. The monoisotopic (exact) mass is 277 g/mol. The fourth-order valence-electron chi connectivity index (χ4n) is 3.08. The van der Waals surface area contributed by atoms with Crippen LogP contribution in [-0.4, -0.2) is 41.4 Å². The average molecular weight is 277 g/mol. The third-order valence-electron chi connectivity index (χ3n) is 4.35. The van der Waals surface area contributed by atoms with Crippen molar-refractivity contribution < 1.29 is 9.90 Å². The van der Waals surface area contributed by atoms with Crippen molar-refractivity contribution in [2.24, 2.45) is 5.41 Å². The molecule has 2 aliphatic rings. The van der Waals surface area contributed by atoms with E-state index in [0.29, 0.717) is 12.5 Å². The molecule has 1 saturated heterocycles. The Morgan fingerprint density at radius 1 is 1.53 bits per heavy atom. The Balaban J connectivity index is 1.67. The molecule has 19 heavy (non-hydrogen) atoms. The molecule has 0 saturated carbocycles. The highest BCUT2D eigenvalue weighted by atomic mass is 32.2. The summed E-state index contributed by atoms with van der Waals surface area (Å²) in [5, 5.41) is 9.28. The van der Waals surface area contributed by atoms with Crippen molar-refractivity contribution in [1.82, 2.24) is 4.90 Å². The first-order chi connectivity index (χ1) is 9.08. The molecule has 102 valence electrons. The SMILES string of the molecule is CC1(C(=O)O)CCN(CC2CSc3ccccc32)C1. The van der Waals surface area contributed by atoms with Crippen LogP contribution in [0.4, 0.5) is 0 Å². The van der Waals surface area contributed by atoms with Gasteiger partial charge in [0.2, 0.25) is 0 Å². The number of hydrogen-bond acceptors (Lipinski definition) is 3. The largest absolute Gasteiger partial charge is 0.481 e. The van der Waals surface area contributed by atoms with E-state index in [4.69, 9.17) is 0 Å². The molecule has 2 atom stereocenters. The van der Waals surface area contributed by atoms with Crippen molar-refractivity contribution in [2.75, 3.05) is 25.4 Å². The fourth-order valence-corrected chi connectivity index (χ4v) is 4.32. The van der Waals surface area contributed by atoms with Crippen molar-refractivity contribution in [2.45, 2.75) is 24.2 Å². The summed E-state index contributed by atoms with van der Waals surface area (Å²) < 4.78 is 0. The Morgan fingerprint density at radius 2 is 2.32 bits per heavy atom. The molecule has 0 aromatic heterocycles. The van der Waals surface area contributed by atoms with E-state index in [1.807, 2.05) is 18.7 Å². The van der Waals surface area contributed by atoms with Gasteiger partial charge in [0, 0.05) is 29.7 Å². The van der Waals surface area contributed by atoms with E-state index in [0.717, 1.165) is 25.3 Å². The minimum Gasteiger partial charge on any atom is -0.481 e. The van der Waals surface area contributed by atoms with Gasteiger partial charge in [-0.3, -0.25) is 4.79 Å². The number of carboxylic acid groups (broad SMARTS) is 1. The summed E-state index contributed by atoms with van der Waals surface area (Å²) in [6, 6.07) is 8.59. The van der Waals surface area contributed by atoms with Gasteiger partial charge < -0.3 is 10.0 Å². The van der Waals surface area contributed by atoms with Crippen molar-refractivity contribution in [1.29, 1.82) is 0 Å². The molecule has 3 rings (SSSR count). The van der Waals surface area contributed by atoms with Crippen molar-refractivity contribution in [3.63, 3.8) is 0 Å². The molecule has 3 nitrogen and oxygen atoms in total. The maximum Gasteiger partial charge on any atom is 0.310 e. The predicted octanol–water partition coefficient (Wildman–Crippen LogP) is 2.67. The van der Waals surface area contributed by atoms with Gasteiger partial charge in [-0.1, -0.05) is 18.2 Å². The number of benzene rings is 1. The summed E-state index contributed by atoms with van der Waals surface area (Å²) in [6.07, 6.45) is 0.768. The molecule has 0 amide bonds. The summed E-state index contributed by atoms with van der Waals surface area (Å²) in [7, 11) is 0. The van der Waals surface area contributed by atoms with Crippen LogP contribution in [0, 0.1) is 5.41 Å². The number of fused-ring (bicyclic) bond motifs is 1. The molecule has 1 N–H and O–H groups in total. The standard InChI is InChI=1S/C15H19NO2S/c1-15(14(17)18)6-7-16(10-15)8-11-9-19-13-5-3-2-4-12(11)13/h2-5,11H,6-10H2,1H3,(H,17,18). The summed E-state index contributed by atoms with van der Waals surface area (Å²) in [6.45, 7) is 4.46. The van der Waals surface area contributed by atoms with E-state index < -0.39 is 11.4 Å². The van der Waals surface area contributed by atoms with Crippen LogP contribution in [0.2, 0.25) is 0 Å². The number of carbonyl (C=O) groups is 1. The number of nitrogens with zero attached hydrogens (tertiary/aromatic N) is 1. The Labute approximate surface area is 118 Å². The number of aliphatic carboxylic acids is 1. The molecule has 0 bridgehead atoms. The van der Waals surface area contributed by atoms with Gasteiger partial charge in [0.15, 0.2) is 0 Å². The first-order valence-corrected chi connectivity index (χ1v) is 7.74. The van der Waals surface area contributed by atoms with Gasteiger partial charge in [0.05, 0.1) is 5.41 Å². The summed E-state index contributed by atoms with van der Waals surface area (Å²) >= 11 is 1.92. The zero-order valence-electron chi connectivity index (χ0n) is 11.1. The van der Waals surface area contributed by atoms with Crippen molar-refractivity contribution in [3.05, 3.63) is 29.8 Å². The topological polar surface area (TPSA) is 40.5 Å². The van der Waals surface area contributed by atoms with Crippen LogP contribution in [0.1, 0.15) is 24.8 Å². The number of carboxylic acids is 1. The molecule has 0 aliphatic carbocycles. The summed E-state index contributed by atoms with van der Waals surface area (Å²) in [5.74, 6) is 1.02. The molecule has 4 heteroatoms. The maximum absolute atomic E-state index is 11.3. The lowest BCUT2D eigenvalue weighted by molar-refractivity contribution is -0.147. The highest BCUT2D eigenvalue weighted by Gasteiger charge is 2.41. The molecule has 2 unspecified atom stereocenters. The summed E-state index contributed by atoms with van der Waals surface area (Å²) in [4.78, 5) is 15.0. The smallest absolute Gasteiger partial charge is 0.310 e. The molecule has 1 aromatic carbocycles. The third kappa shape index (κ3) is 2.39. The van der Waals surface area contributed by atoms with Crippen LogP contribution in [0.15, 0.2) is 29.2 Å². The molecule has 2 aliphatic heterocycles. The van der Waals surface area contributed by atoms with E-state index in [1.165, 1.54) is 10.5 Å². The van der Waals surface area contributed by atoms with Gasteiger partial charge in [-0.25, -0.2) is 0 Å². The molecular weight excluding hydrogens is 258 g/mol. The van der Waals surface area contributed by atoms with Crippen LogP contribution in [0.3, 0.4) is 0 Å². The van der Waals surface area contributed by atoms with Crippen LogP contribution in [-0.2, 0) is 4.79 Å². The first-order valence-electron chi connectivity index (χ1n) is 6.76. The second kappa shape index (κ2) is 4.84. The molecular formula is C15H19NO2S.